The first kappa shape index (κ1) is 19.7. The van der Waals surface area contributed by atoms with E-state index in [2.05, 4.69) is 10.4 Å². The summed E-state index contributed by atoms with van der Waals surface area (Å²) < 4.78 is 22.6. The molecule has 0 bridgehead atoms. The zero-order chi connectivity index (χ0) is 21.0. The highest BCUT2D eigenvalue weighted by Gasteiger charge is 2.17. The second-order valence-corrected chi connectivity index (χ2v) is 5.79. The number of nitrogens with zero attached hydrogens (tertiary/aromatic N) is 3. The van der Waals surface area contributed by atoms with Gasteiger partial charge in [0.2, 0.25) is 5.75 Å². The van der Waals surface area contributed by atoms with Crippen LogP contribution >= 0.6 is 0 Å². The maximum absolute atomic E-state index is 12.5. The predicted molar refractivity (Wildman–Crippen MR) is 101 cm³/mol. The summed E-state index contributed by atoms with van der Waals surface area (Å²) in [4.78, 5) is 22.7. The van der Waals surface area contributed by atoms with Crippen molar-refractivity contribution >= 4 is 17.3 Å². The van der Waals surface area contributed by atoms with Crippen LogP contribution in [0.4, 0.5) is 11.4 Å². The van der Waals surface area contributed by atoms with E-state index in [0.29, 0.717) is 28.7 Å². The highest BCUT2D eigenvalue weighted by molar-refractivity contribution is 6.02. The number of aromatic nitrogens is 2. The van der Waals surface area contributed by atoms with Crippen LogP contribution in [0.2, 0.25) is 0 Å². The number of anilines is 1. The molecule has 2 aromatic heterocycles. The predicted octanol–water partition coefficient (Wildman–Crippen LogP) is 2.71. The minimum atomic E-state index is -0.540. The number of furan rings is 1. The van der Waals surface area contributed by atoms with Crippen molar-refractivity contribution in [2.24, 2.45) is 0 Å². The van der Waals surface area contributed by atoms with Crippen molar-refractivity contribution in [2.75, 3.05) is 26.6 Å². The number of methoxy groups -OCH3 is 3. The van der Waals surface area contributed by atoms with Gasteiger partial charge in [0.25, 0.3) is 5.91 Å². The first-order valence-corrected chi connectivity index (χ1v) is 8.32. The maximum Gasteiger partial charge on any atom is 0.307 e. The molecule has 0 unspecified atom stereocenters. The van der Waals surface area contributed by atoms with Crippen LogP contribution in [0.1, 0.15) is 16.3 Å². The Bertz CT molecular complexity index is 1020. The summed E-state index contributed by atoms with van der Waals surface area (Å²) in [6.07, 6.45) is 2.42. The van der Waals surface area contributed by atoms with Crippen LogP contribution in [-0.2, 0) is 6.54 Å². The van der Waals surface area contributed by atoms with E-state index in [4.69, 9.17) is 18.6 Å². The number of carbonyl (C=O) groups excluding carboxylic acids is 1. The number of nitro groups is 1. The van der Waals surface area contributed by atoms with Gasteiger partial charge in [-0.2, -0.15) is 5.10 Å². The molecule has 11 heteroatoms. The molecule has 0 saturated heterocycles. The van der Waals surface area contributed by atoms with Gasteiger partial charge in [0.05, 0.1) is 32.8 Å². The van der Waals surface area contributed by atoms with Crippen LogP contribution in [-0.4, -0.2) is 41.9 Å². The van der Waals surface area contributed by atoms with Crippen molar-refractivity contribution in [2.45, 2.75) is 6.54 Å². The molecule has 0 aliphatic carbocycles. The van der Waals surface area contributed by atoms with E-state index in [1.54, 1.807) is 18.2 Å². The lowest BCUT2D eigenvalue weighted by Gasteiger charge is -2.14. The molecule has 3 aromatic rings. The van der Waals surface area contributed by atoms with Crippen molar-refractivity contribution in [3.8, 4) is 17.2 Å². The highest BCUT2D eigenvalue weighted by Crippen LogP contribution is 2.40. The Labute approximate surface area is 164 Å². The number of nitrogens with one attached hydrogen (secondary N) is 1. The Morgan fingerprint density at radius 3 is 2.45 bits per heavy atom. The van der Waals surface area contributed by atoms with Gasteiger partial charge in [0.1, 0.15) is 18.2 Å². The molecule has 0 aliphatic heterocycles. The van der Waals surface area contributed by atoms with Gasteiger partial charge >= 0.3 is 5.69 Å². The Kier molecular flexibility index (Phi) is 5.67. The van der Waals surface area contributed by atoms with Crippen LogP contribution in [0.15, 0.2) is 41.1 Å². The van der Waals surface area contributed by atoms with Crippen LogP contribution in [0.25, 0.3) is 0 Å². The molecule has 2 heterocycles. The van der Waals surface area contributed by atoms with Crippen molar-refractivity contribution in [1.29, 1.82) is 0 Å². The molecule has 11 nitrogen and oxygen atoms in total. The van der Waals surface area contributed by atoms with Crippen molar-refractivity contribution in [1.82, 2.24) is 9.78 Å². The molecular formula is C18H18N4O7. The van der Waals surface area contributed by atoms with Crippen molar-refractivity contribution < 1.29 is 28.3 Å². The number of rotatable bonds is 8. The first-order chi connectivity index (χ1) is 13.9. The van der Waals surface area contributed by atoms with Crippen LogP contribution in [0.3, 0.4) is 0 Å². The molecule has 0 atom stereocenters. The topological polar surface area (TPSA) is 131 Å². The van der Waals surface area contributed by atoms with E-state index in [1.165, 1.54) is 38.3 Å². The Morgan fingerprint density at radius 2 is 1.90 bits per heavy atom. The summed E-state index contributed by atoms with van der Waals surface area (Å²) in [6, 6.07) is 6.27. The van der Waals surface area contributed by atoms with Crippen LogP contribution in [0, 0.1) is 10.1 Å². The molecular weight excluding hydrogens is 384 g/mol. The molecule has 0 spiro atoms. The van der Waals surface area contributed by atoms with E-state index >= 15 is 0 Å². The Balaban J connectivity index is 1.74. The summed E-state index contributed by atoms with van der Waals surface area (Å²) in [5.41, 5.74) is 0.294. The second-order valence-electron chi connectivity index (χ2n) is 5.79. The molecule has 29 heavy (non-hydrogen) atoms. The number of hydrogen-bond acceptors (Lipinski definition) is 8. The highest BCUT2D eigenvalue weighted by atomic mass is 16.6. The zero-order valence-corrected chi connectivity index (χ0v) is 15.9. The molecule has 3 rings (SSSR count). The molecule has 0 aliphatic rings. The Hall–Kier alpha value is -4.02. The average molecular weight is 402 g/mol. The SMILES string of the molecule is COc1cc(NC(=O)c2ccc(Cn3cc([N+](=O)[O-])cn3)o2)cc(OC)c1OC. The summed E-state index contributed by atoms with van der Waals surface area (Å²) in [5, 5.41) is 17.3. The smallest absolute Gasteiger partial charge is 0.307 e. The van der Waals surface area contributed by atoms with Crippen molar-refractivity contribution in [3.63, 3.8) is 0 Å². The molecule has 0 fully saturated rings. The largest absolute Gasteiger partial charge is 0.493 e. The third kappa shape index (κ3) is 4.29. The third-order valence-corrected chi connectivity index (χ3v) is 3.96. The lowest BCUT2D eigenvalue weighted by Crippen LogP contribution is -2.11. The normalized spacial score (nSPS) is 10.4. The van der Waals surface area contributed by atoms with E-state index < -0.39 is 10.8 Å². The maximum atomic E-state index is 12.5. The standard InChI is InChI=1S/C18H18N4O7/c1-26-15-6-11(7-16(27-2)17(15)28-3)20-18(23)14-5-4-13(29-14)10-21-9-12(8-19-21)22(24)25/h4-9H,10H2,1-3H3,(H,20,23). The van der Waals surface area contributed by atoms with Gasteiger partial charge in [0.15, 0.2) is 17.3 Å². The monoisotopic (exact) mass is 402 g/mol. The fourth-order valence-electron chi connectivity index (χ4n) is 2.62. The van der Waals surface area contributed by atoms with Gasteiger partial charge in [-0.15, -0.1) is 0 Å². The second kappa shape index (κ2) is 8.33. The average Bonchev–Trinajstić information content (AvgIpc) is 3.37. The summed E-state index contributed by atoms with van der Waals surface area (Å²) in [5.74, 6) is 1.18. The van der Waals surface area contributed by atoms with Gasteiger partial charge in [-0.1, -0.05) is 0 Å². The van der Waals surface area contributed by atoms with Gasteiger partial charge in [-0.25, -0.2) is 0 Å². The van der Waals surface area contributed by atoms with Gasteiger partial charge in [0, 0.05) is 17.8 Å². The van der Waals surface area contributed by atoms with Crippen LogP contribution in [0.5, 0.6) is 17.2 Å². The van der Waals surface area contributed by atoms with Crippen LogP contribution < -0.4 is 19.5 Å². The Morgan fingerprint density at radius 1 is 1.21 bits per heavy atom. The minimum Gasteiger partial charge on any atom is -0.493 e. The van der Waals surface area contributed by atoms with E-state index in [9.17, 15) is 14.9 Å². The quantitative estimate of drug-likeness (QED) is 0.449. The first-order valence-electron chi connectivity index (χ1n) is 8.32. The van der Waals surface area contributed by atoms with Gasteiger partial charge in [-0.3, -0.25) is 19.6 Å². The molecule has 1 amide bonds. The number of hydrogen-bond donors (Lipinski definition) is 1. The fraction of sp³-hybridized carbons (Fsp3) is 0.222. The number of carbonyl (C=O) groups is 1. The molecule has 0 saturated carbocycles. The molecule has 1 N–H and O–H groups in total. The molecule has 152 valence electrons. The molecule has 0 radical (unpaired) electrons. The lowest BCUT2D eigenvalue weighted by atomic mass is 10.2. The van der Waals surface area contributed by atoms with E-state index in [1.807, 2.05) is 0 Å². The summed E-state index contributed by atoms with van der Waals surface area (Å²) >= 11 is 0. The minimum absolute atomic E-state index is 0.0652. The third-order valence-electron chi connectivity index (χ3n) is 3.96. The van der Waals surface area contributed by atoms with E-state index in [-0.39, 0.29) is 18.0 Å². The van der Waals surface area contributed by atoms with E-state index in [0.717, 1.165) is 6.20 Å². The summed E-state index contributed by atoms with van der Waals surface area (Å²) in [7, 11) is 4.43. The lowest BCUT2D eigenvalue weighted by molar-refractivity contribution is -0.385. The number of ether oxygens (including phenoxy) is 3. The van der Waals surface area contributed by atoms with Crippen molar-refractivity contribution in [3.05, 3.63) is 58.3 Å². The van der Waals surface area contributed by atoms with Gasteiger partial charge in [-0.05, 0) is 12.1 Å². The fourth-order valence-corrected chi connectivity index (χ4v) is 2.62. The van der Waals surface area contributed by atoms with Gasteiger partial charge < -0.3 is 23.9 Å². The number of amides is 1. The molecule has 1 aromatic carbocycles. The summed E-state index contributed by atoms with van der Waals surface area (Å²) in [6.45, 7) is 0.144. The zero-order valence-electron chi connectivity index (χ0n) is 15.9. The number of benzene rings is 1.